The zero-order chi connectivity index (χ0) is 24.6. The molecule has 34 heavy (non-hydrogen) atoms. The molecule has 1 amide bonds. The lowest BCUT2D eigenvalue weighted by atomic mass is 9.82. The molecule has 2 aliphatic heterocycles. The Bertz CT molecular complexity index is 1140. The lowest BCUT2D eigenvalue weighted by Crippen LogP contribution is -2.51. The number of hydrogen-bond donors (Lipinski definition) is 0. The Morgan fingerprint density at radius 3 is 2.29 bits per heavy atom. The van der Waals surface area contributed by atoms with Crippen molar-refractivity contribution in [2.75, 3.05) is 26.0 Å². The summed E-state index contributed by atoms with van der Waals surface area (Å²) in [7, 11) is -3.04. The van der Waals surface area contributed by atoms with Crippen LogP contribution in [0.25, 0.3) is 11.1 Å². The molecule has 2 heterocycles. The second kappa shape index (κ2) is 9.25. The third-order valence-electron chi connectivity index (χ3n) is 6.51. The molecule has 2 aromatic rings. The molecule has 0 aliphatic carbocycles. The van der Waals surface area contributed by atoms with Crippen LogP contribution in [-0.4, -0.2) is 51.0 Å². The van der Waals surface area contributed by atoms with Gasteiger partial charge in [-0.15, -0.1) is 0 Å². The summed E-state index contributed by atoms with van der Waals surface area (Å²) in [6, 6.07) is 14.0. The standard InChI is InChI=1S/C27H35NO5S/c1-26(2,3)19-32-25(29)28-15-13-27(14-16-28)12-11-23-17-22(9-10-24(23)33-27)21-7-5-20(6-8-21)18-34(4,30)31/h5-10,17H,11-16,18-19H2,1-4H3. The first kappa shape index (κ1) is 24.6. The zero-order valence-corrected chi connectivity index (χ0v) is 21.4. The quantitative estimate of drug-likeness (QED) is 0.592. The average molecular weight is 486 g/mol. The molecule has 0 atom stereocenters. The van der Waals surface area contributed by atoms with E-state index in [2.05, 4.69) is 32.9 Å². The van der Waals surface area contributed by atoms with Crippen LogP contribution in [0, 0.1) is 5.41 Å². The molecule has 2 aromatic carbocycles. The molecule has 6 nitrogen and oxygen atoms in total. The number of fused-ring (bicyclic) bond motifs is 1. The summed E-state index contributed by atoms with van der Waals surface area (Å²) in [6.07, 6.45) is 4.50. The lowest BCUT2D eigenvalue weighted by Gasteiger charge is -2.44. The van der Waals surface area contributed by atoms with E-state index in [1.165, 1.54) is 11.8 Å². The molecule has 0 radical (unpaired) electrons. The zero-order valence-electron chi connectivity index (χ0n) is 20.6. The maximum absolute atomic E-state index is 12.4. The van der Waals surface area contributed by atoms with Gasteiger partial charge in [-0.3, -0.25) is 0 Å². The molecule has 1 saturated heterocycles. The van der Waals surface area contributed by atoms with Gasteiger partial charge in [-0.1, -0.05) is 51.1 Å². The van der Waals surface area contributed by atoms with Gasteiger partial charge in [-0.2, -0.15) is 0 Å². The number of ether oxygens (including phenoxy) is 2. The van der Waals surface area contributed by atoms with Crippen LogP contribution in [0.5, 0.6) is 5.75 Å². The number of benzene rings is 2. The topological polar surface area (TPSA) is 72.9 Å². The van der Waals surface area contributed by atoms with Gasteiger partial charge in [0, 0.05) is 32.2 Å². The highest BCUT2D eigenvalue weighted by Gasteiger charge is 2.41. The van der Waals surface area contributed by atoms with Crippen LogP contribution in [0.2, 0.25) is 0 Å². The molecule has 0 saturated carbocycles. The highest BCUT2D eigenvalue weighted by Crippen LogP contribution is 2.41. The Labute approximate surface area is 203 Å². The minimum Gasteiger partial charge on any atom is -0.487 e. The first-order chi connectivity index (χ1) is 15.9. The van der Waals surface area contributed by atoms with Crippen molar-refractivity contribution in [2.24, 2.45) is 5.41 Å². The average Bonchev–Trinajstić information content (AvgIpc) is 2.77. The number of piperidine rings is 1. The maximum atomic E-state index is 12.4. The van der Waals surface area contributed by atoms with Crippen molar-refractivity contribution in [1.82, 2.24) is 4.90 Å². The number of carbonyl (C=O) groups excluding carboxylic acids is 1. The Morgan fingerprint density at radius 2 is 1.68 bits per heavy atom. The van der Waals surface area contributed by atoms with E-state index in [4.69, 9.17) is 9.47 Å². The van der Waals surface area contributed by atoms with Gasteiger partial charge < -0.3 is 14.4 Å². The summed E-state index contributed by atoms with van der Waals surface area (Å²) in [5.74, 6) is 0.978. The number of amides is 1. The fourth-order valence-electron chi connectivity index (χ4n) is 4.62. The van der Waals surface area contributed by atoms with E-state index in [1.807, 2.05) is 30.3 Å². The van der Waals surface area contributed by atoms with Crippen molar-refractivity contribution in [3.05, 3.63) is 53.6 Å². The van der Waals surface area contributed by atoms with Gasteiger partial charge in [0.15, 0.2) is 9.84 Å². The maximum Gasteiger partial charge on any atom is 0.409 e. The smallest absolute Gasteiger partial charge is 0.409 e. The largest absolute Gasteiger partial charge is 0.487 e. The van der Waals surface area contributed by atoms with Crippen LogP contribution in [0.1, 0.15) is 51.2 Å². The number of hydrogen-bond acceptors (Lipinski definition) is 5. The minimum absolute atomic E-state index is 0.0418. The molecule has 2 aliphatic rings. The fourth-order valence-corrected chi connectivity index (χ4v) is 5.41. The Morgan fingerprint density at radius 1 is 1.03 bits per heavy atom. The fraction of sp³-hybridized carbons (Fsp3) is 0.519. The van der Waals surface area contributed by atoms with E-state index in [-0.39, 0.29) is 22.9 Å². The second-order valence-electron chi connectivity index (χ2n) is 11.0. The first-order valence-electron chi connectivity index (χ1n) is 11.9. The van der Waals surface area contributed by atoms with Gasteiger partial charge >= 0.3 is 6.09 Å². The van der Waals surface area contributed by atoms with E-state index in [1.54, 1.807) is 4.90 Å². The summed E-state index contributed by atoms with van der Waals surface area (Å²) < 4.78 is 35.0. The lowest BCUT2D eigenvalue weighted by molar-refractivity contribution is -0.0171. The van der Waals surface area contributed by atoms with Crippen LogP contribution in [0.4, 0.5) is 4.79 Å². The number of carbonyl (C=O) groups is 1. The van der Waals surface area contributed by atoms with Crippen molar-refractivity contribution in [3.63, 3.8) is 0 Å². The van der Waals surface area contributed by atoms with Gasteiger partial charge in [0.2, 0.25) is 0 Å². The highest BCUT2D eigenvalue weighted by molar-refractivity contribution is 7.89. The van der Waals surface area contributed by atoms with E-state index >= 15 is 0 Å². The predicted molar refractivity (Wildman–Crippen MR) is 134 cm³/mol. The van der Waals surface area contributed by atoms with Crippen LogP contribution >= 0.6 is 0 Å². The molecule has 0 aromatic heterocycles. The number of nitrogens with zero attached hydrogens (tertiary/aromatic N) is 1. The van der Waals surface area contributed by atoms with Crippen molar-refractivity contribution < 1.29 is 22.7 Å². The minimum atomic E-state index is -3.04. The van der Waals surface area contributed by atoms with Gasteiger partial charge in [0.25, 0.3) is 0 Å². The Balaban J connectivity index is 1.38. The third-order valence-corrected chi connectivity index (χ3v) is 7.37. The molecule has 7 heteroatoms. The second-order valence-corrected chi connectivity index (χ2v) is 13.1. The van der Waals surface area contributed by atoms with E-state index in [9.17, 15) is 13.2 Å². The first-order valence-corrected chi connectivity index (χ1v) is 14.0. The molecule has 1 fully saturated rings. The van der Waals surface area contributed by atoms with Crippen molar-refractivity contribution in [1.29, 1.82) is 0 Å². The molecule has 4 rings (SSSR count). The molecule has 1 spiro atoms. The van der Waals surface area contributed by atoms with Gasteiger partial charge in [0.1, 0.15) is 11.4 Å². The SMILES string of the molecule is CC(C)(C)COC(=O)N1CCC2(CCc3cc(-c4ccc(CS(C)(=O)=O)cc4)ccc3O2)CC1. The van der Waals surface area contributed by atoms with Crippen molar-refractivity contribution in [2.45, 2.75) is 57.8 Å². The van der Waals surface area contributed by atoms with Crippen LogP contribution in [0.3, 0.4) is 0 Å². The van der Waals surface area contributed by atoms with E-state index in [0.717, 1.165) is 48.1 Å². The number of rotatable bonds is 4. The summed E-state index contributed by atoms with van der Waals surface area (Å²) in [4.78, 5) is 14.2. The summed E-state index contributed by atoms with van der Waals surface area (Å²) in [5.41, 5.74) is 3.88. The third kappa shape index (κ3) is 6.12. The summed E-state index contributed by atoms with van der Waals surface area (Å²) in [6.45, 7) is 7.88. The predicted octanol–water partition coefficient (Wildman–Crippen LogP) is 5.24. The van der Waals surface area contributed by atoms with Crippen LogP contribution in [-0.2, 0) is 26.7 Å². The number of sulfone groups is 1. The van der Waals surface area contributed by atoms with Crippen molar-refractivity contribution in [3.8, 4) is 16.9 Å². The summed E-state index contributed by atoms with van der Waals surface area (Å²) in [5, 5.41) is 0. The highest BCUT2D eigenvalue weighted by atomic mass is 32.2. The molecular weight excluding hydrogens is 450 g/mol. The molecule has 184 valence electrons. The van der Waals surface area contributed by atoms with Gasteiger partial charge in [0.05, 0.1) is 12.4 Å². The monoisotopic (exact) mass is 485 g/mol. The van der Waals surface area contributed by atoms with Crippen LogP contribution < -0.4 is 4.74 Å². The Hall–Kier alpha value is -2.54. The Kier molecular flexibility index (Phi) is 6.69. The van der Waals surface area contributed by atoms with Gasteiger partial charge in [-0.05, 0) is 52.6 Å². The van der Waals surface area contributed by atoms with Crippen molar-refractivity contribution >= 4 is 15.9 Å². The molecular formula is C27H35NO5S. The van der Waals surface area contributed by atoms with E-state index in [0.29, 0.717) is 19.7 Å². The normalized spacial score (nSPS) is 17.7. The van der Waals surface area contributed by atoms with E-state index < -0.39 is 9.84 Å². The molecule has 0 bridgehead atoms. The molecule has 0 unspecified atom stereocenters. The summed E-state index contributed by atoms with van der Waals surface area (Å²) >= 11 is 0. The molecule has 0 N–H and O–H groups in total. The van der Waals surface area contributed by atoms with Crippen LogP contribution in [0.15, 0.2) is 42.5 Å². The van der Waals surface area contributed by atoms with Gasteiger partial charge in [-0.25, -0.2) is 13.2 Å². The number of aryl methyl sites for hydroxylation is 1. The number of likely N-dealkylation sites (tertiary alicyclic amines) is 1.